The number of amides is 1. The summed E-state index contributed by atoms with van der Waals surface area (Å²) >= 11 is 0. The van der Waals surface area contributed by atoms with Gasteiger partial charge in [0.05, 0.1) is 23.7 Å². The number of ether oxygens (including phenoxy) is 2. The van der Waals surface area contributed by atoms with Gasteiger partial charge in [-0.2, -0.15) is 5.26 Å². The first-order valence-corrected chi connectivity index (χ1v) is 8.74. The Balaban J connectivity index is 1.50. The Bertz CT molecular complexity index is 600. The number of hydrogen-bond acceptors (Lipinski definition) is 4. The van der Waals surface area contributed by atoms with Gasteiger partial charge in [-0.05, 0) is 44.0 Å². The van der Waals surface area contributed by atoms with Gasteiger partial charge in [-0.15, -0.1) is 0 Å². The van der Waals surface area contributed by atoms with Gasteiger partial charge in [0, 0.05) is 32.5 Å². The summed E-state index contributed by atoms with van der Waals surface area (Å²) < 4.78 is 11.6. The van der Waals surface area contributed by atoms with Crippen LogP contribution in [-0.4, -0.2) is 42.7 Å². The van der Waals surface area contributed by atoms with E-state index in [0.717, 1.165) is 51.1 Å². The van der Waals surface area contributed by atoms with Crippen LogP contribution in [0.5, 0.6) is 5.75 Å². The highest BCUT2D eigenvalue weighted by Crippen LogP contribution is 2.25. The third kappa shape index (κ3) is 3.88. The van der Waals surface area contributed by atoms with E-state index in [-0.39, 0.29) is 24.0 Å². The zero-order valence-corrected chi connectivity index (χ0v) is 14.1. The number of likely N-dealkylation sites (tertiary alicyclic amines) is 1. The molecule has 2 saturated heterocycles. The average Bonchev–Trinajstić information content (AvgIpc) is 2.63. The molecule has 5 heteroatoms. The lowest BCUT2D eigenvalue weighted by Gasteiger charge is -2.37. The molecule has 0 aliphatic carbocycles. The van der Waals surface area contributed by atoms with E-state index in [2.05, 4.69) is 6.07 Å². The van der Waals surface area contributed by atoms with Gasteiger partial charge in [0.15, 0.2) is 0 Å². The van der Waals surface area contributed by atoms with Crippen molar-refractivity contribution in [2.24, 2.45) is 5.92 Å². The summed E-state index contributed by atoms with van der Waals surface area (Å²) in [6, 6.07) is 9.29. The van der Waals surface area contributed by atoms with Crippen molar-refractivity contribution in [1.82, 2.24) is 4.90 Å². The maximum atomic E-state index is 12.7. The quantitative estimate of drug-likeness (QED) is 0.856. The molecule has 2 atom stereocenters. The van der Waals surface area contributed by atoms with Crippen molar-refractivity contribution in [2.75, 3.05) is 19.7 Å². The maximum Gasteiger partial charge on any atom is 0.228 e. The van der Waals surface area contributed by atoms with Crippen molar-refractivity contribution in [3.05, 3.63) is 29.8 Å². The Morgan fingerprint density at radius 3 is 2.58 bits per heavy atom. The van der Waals surface area contributed by atoms with E-state index in [1.807, 2.05) is 24.0 Å². The zero-order chi connectivity index (χ0) is 16.9. The van der Waals surface area contributed by atoms with Gasteiger partial charge in [-0.3, -0.25) is 4.79 Å². The number of rotatable bonds is 3. The first-order chi connectivity index (χ1) is 11.7. The highest BCUT2D eigenvalue weighted by molar-refractivity contribution is 5.79. The first-order valence-electron chi connectivity index (χ1n) is 8.74. The standard InChI is InChI=1S/C19H24N2O3/c1-14-18(3-2-12-23-14)19(22)21-10-8-17(9-11-21)24-16-6-4-15(13-20)5-7-16/h4-7,14,17-18H,2-3,8-12H2,1H3. The minimum Gasteiger partial charge on any atom is -0.490 e. The molecule has 3 rings (SSSR count). The molecule has 2 fully saturated rings. The third-order valence-electron chi connectivity index (χ3n) is 4.96. The Hall–Kier alpha value is -2.06. The van der Waals surface area contributed by atoms with E-state index in [1.165, 1.54) is 0 Å². The van der Waals surface area contributed by atoms with Crippen molar-refractivity contribution in [1.29, 1.82) is 5.26 Å². The van der Waals surface area contributed by atoms with Crippen LogP contribution in [0.2, 0.25) is 0 Å². The molecular weight excluding hydrogens is 304 g/mol. The van der Waals surface area contributed by atoms with E-state index >= 15 is 0 Å². The van der Waals surface area contributed by atoms with E-state index in [1.54, 1.807) is 12.1 Å². The molecule has 1 amide bonds. The number of carbonyl (C=O) groups is 1. The monoisotopic (exact) mass is 328 g/mol. The molecule has 1 aromatic carbocycles. The number of benzene rings is 1. The highest BCUT2D eigenvalue weighted by atomic mass is 16.5. The lowest BCUT2D eigenvalue weighted by atomic mass is 9.93. The fraction of sp³-hybridized carbons (Fsp3) is 0.579. The SMILES string of the molecule is CC1OCCCC1C(=O)N1CCC(Oc2ccc(C#N)cc2)CC1. The minimum atomic E-state index is 0.00902. The van der Waals surface area contributed by atoms with Gasteiger partial charge in [0.2, 0.25) is 5.91 Å². The molecule has 2 aliphatic heterocycles. The van der Waals surface area contributed by atoms with Crippen molar-refractivity contribution in [3.63, 3.8) is 0 Å². The molecule has 0 bridgehead atoms. The molecule has 2 unspecified atom stereocenters. The third-order valence-corrected chi connectivity index (χ3v) is 4.96. The topological polar surface area (TPSA) is 62.6 Å². The predicted molar refractivity (Wildman–Crippen MR) is 89.5 cm³/mol. The van der Waals surface area contributed by atoms with Crippen LogP contribution in [0.25, 0.3) is 0 Å². The second kappa shape index (κ2) is 7.67. The van der Waals surface area contributed by atoms with Gasteiger partial charge in [0.25, 0.3) is 0 Å². The Morgan fingerprint density at radius 1 is 1.25 bits per heavy atom. The van der Waals surface area contributed by atoms with Gasteiger partial charge in [0.1, 0.15) is 11.9 Å². The first kappa shape index (κ1) is 16.8. The van der Waals surface area contributed by atoms with E-state index in [9.17, 15) is 4.79 Å². The Kier molecular flexibility index (Phi) is 5.37. The van der Waals surface area contributed by atoms with Crippen LogP contribution < -0.4 is 4.74 Å². The van der Waals surface area contributed by atoms with Gasteiger partial charge in [-0.1, -0.05) is 0 Å². The Morgan fingerprint density at radius 2 is 1.96 bits per heavy atom. The summed E-state index contributed by atoms with van der Waals surface area (Å²) in [5.74, 6) is 1.03. The van der Waals surface area contributed by atoms with E-state index in [4.69, 9.17) is 14.7 Å². The fourth-order valence-electron chi connectivity index (χ4n) is 3.48. The molecule has 128 valence electrons. The second-order valence-electron chi connectivity index (χ2n) is 6.60. The second-order valence-corrected chi connectivity index (χ2v) is 6.60. The Labute approximate surface area is 143 Å². The largest absolute Gasteiger partial charge is 0.490 e. The summed E-state index contributed by atoms with van der Waals surface area (Å²) in [7, 11) is 0. The van der Waals surface area contributed by atoms with Crippen LogP contribution in [0.3, 0.4) is 0 Å². The van der Waals surface area contributed by atoms with Crippen LogP contribution in [0.15, 0.2) is 24.3 Å². The molecule has 24 heavy (non-hydrogen) atoms. The van der Waals surface area contributed by atoms with Gasteiger partial charge >= 0.3 is 0 Å². The molecule has 1 aromatic rings. The number of piperidine rings is 1. The van der Waals surface area contributed by atoms with Crippen LogP contribution in [0, 0.1) is 17.2 Å². The maximum absolute atomic E-state index is 12.7. The van der Waals surface area contributed by atoms with Gasteiger partial charge < -0.3 is 14.4 Å². The molecule has 0 radical (unpaired) electrons. The summed E-state index contributed by atoms with van der Waals surface area (Å²) in [6.07, 6.45) is 3.74. The van der Waals surface area contributed by atoms with Crippen molar-refractivity contribution in [3.8, 4) is 11.8 Å². The van der Waals surface area contributed by atoms with Crippen molar-refractivity contribution in [2.45, 2.75) is 44.8 Å². The predicted octanol–water partition coefficient (Wildman–Crippen LogP) is 2.74. The highest BCUT2D eigenvalue weighted by Gasteiger charge is 2.34. The van der Waals surface area contributed by atoms with E-state index < -0.39 is 0 Å². The molecule has 2 heterocycles. The van der Waals surface area contributed by atoms with Crippen LogP contribution in [0.4, 0.5) is 0 Å². The van der Waals surface area contributed by atoms with Gasteiger partial charge in [-0.25, -0.2) is 0 Å². The zero-order valence-electron chi connectivity index (χ0n) is 14.1. The molecule has 0 spiro atoms. The molecule has 0 N–H and O–H groups in total. The van der Waals surface area contributed by atoms with Crippen LogP contribution in [0.1, 0.15) is 38.2 Å². The number of nitriles is 1. The van der Waals surface area contributed by atoms with Crippen molar-refractivity contribution < 1.29 is 14.3 Å². The lowest BCUT2D eigenvalue weighted by Crippen LogP contribution is -2.47. The van der Waals surface area contributed by atoms with E-state index in [0.29, 0.717) is 5.56 Å². The summed E-state index contributed by atoms with van der Waals surface area (Å²) in [5.41, 5.74) is 0.631. The minimum absolute atomic E-state index is 0.00902. The van der Waals surface area contributed by atoms with Crippen LogP contribution >= 0.6 is 0 Å². The number of hydrogen-bond donors (Lipinski definition) is 0. The van der Waals surface area contributed by atoms with Crippen LogP contribution in [-0.2, 0) is 9.53 Å². The fourth-order valence-corrected chi connectivity index (χ4v) is 3.48. The summed E-state index contributed by atoms with van der Waals surface area (Å²) in [6.45, 7) is 4.25. The summed E-state index contributed by atoms with van der Waals surface area (Å²) in [4.78, 5) is 14.6. The number of nitrogens with zero attached hydrogens (tertiary/aromatic N) is 2. The number of carbonyl (C=O) groups excluding carboxylic acids is 1. The normalized spacial score (nSPS) is 25.1. The molecular formula is C19H24N2O3. The van der Waals surface area contributed by atoms with Crippen molar-refractivity contribution >= 4 is 5.91 Å². The summed E-state index contributed by atoms with van der Waals surface area (Å²) in [5, 5.41) is 8.82. The average molecular weight is 328 g/mol. The molecule has 2 aliphatic rings. The molecule has 0 aromatic heterocycles. The molecule has 5 nitrogen and oxygen atoms in total. The smallest absolute Gasteiger partial charge is 0.228 e. The lowest BCUT2D eigenvalue weighted by molar-refractivity contribution is -0.145. The molecule has 0 saturated carbocycles.